The first-order valence-corrected chi connectivity index (χ1v) is 3.47. The summed E-state index contributed by atoms with van der Waals surface area (Å²) in [5, 5.41) is 9.21. The Morgan fingerprint density at radius 2 is 2.11 bits per heavy atom. The fourth-order valence-corrected chi connectivity index (χ4v) is 0.622. The van der Waals surface area contributed by atoms with Gasteiger partial charge in [-0.05, 0) is 18.8 Å². The van der Waals surface area contributed by atoms with Gasteiger partial charge in [0.25, 0.3) is 0 Å². The highest BCUT2D eigenvalue weighted by Crippen LogP contribution is 2.07. The zero-order valence-corrected chi connectivity index (χ0v) is 6.30. The van der Waals surface area contributed by atoms with E-state index in [4.69, 9.17) is 0 Å². The Bertz CT molecular complexity index is 76.6. The summed E-state index contributed by atoms with van der Waals surface area (Å²) in [7, 11) is 0. The Morgan fingerprint density at radius 1 is 1.56 bits per heavy atom. The monoisotopic (exact) mass is 128 g/mol. The van der Waals surface area contributed by atoms with Gasteiger partial charge in [0, 0.05) is 0 Å². The number of hydrogen-bond acceptors (Lipinski definition) is 1. The fraction of sp³-hybridized carbons (Fsp3) is 0.750. The second-order valence-electron chi connectivity index (χ2n) is 2.68. The Balaban J connectivity index is 3.26. The minimum Gasteiger partial charge on any atom is -0.393 e. The van der Waals surface area contributed by atoms with E-state index in [9.17, 15) is 5.11 Å². The van der Waals surface area contributed by atoms with Crippen LogP contribution in [0.15, 0.2) is 12.7 Å². The number of rotatable bonds is 4. The molecular formula is C8H16O. The molecule has 0 heterocycles. The predicted molar refractivity (Wildman–Crippen MR) is 40.3 cm³/mol. The maximum Gasteiger partial charge on any atom is 0.0566 e. The van der Waals surface area contributed by atoms with E-state index in [1.165, 1.54) is 0 Å². The Kier molecular flexibility index (Phi) is 4.41. The topological polar surface area (TPSA) is 20.2 Å². The molecule has 1 nitrogen and oxygen atoms in total. The number of aliphatic hydroxyl groups excluding tert-OH is 1. The lowest BCUT2D eigenvalue weighted by atomic mass is 10.0. The molecule has 0 rings (SSSR count). The highest BCUT2D eigenvalue weighted by atomic mass is 16.3. The number of aliphatic hydroxyl groups is 1. The van der Waals surface area contributed by atoms with Gasteiger partial charge in [0.05, 0.1) is 6.10 Å². The summed E-state index contributed by atoms with van der Waals surface area (Å²) in [5.41, 5.74) is 0. The summed E-state index contributed by atoms with van der Waals surface area (Å²) in [6.45, 7) is 7.62. The Morgan fingerprint density at radius 3 is 2.44 bits per heavy atom. The van der Waals surface area contributed by atoms with Crippen molar-refractivity contribution in [2.75, 3.05) is 0 Å². The maximum atomic E-state index is 9.21. The molecule has 0 aromatic rings. The third-order valence-electron chi connectivity index (χ3n) is 1.44. The summed E-state index contributed by atoms with van der Waals surface area (Å²) in [6, 6.07) is 0. The van der Waals surface area contributed by atoms with Crippen molar-refractivity contribution in [2.45, 2.75) is 32.8 Å². The molecule has 0 bridgehead atoms. The molecule has 0 aliphatic rings. The minimum atomic E-state index is -0.150. The summed E-state index contributed by atoms with van der Waals surface area (Å²) < 4.78 is 0. The first kappa shape index (κ1) is 8.70. The van der Waals surface area contributed by atoms with Crippen LogP contribution in [0.1, 0.15) is 26.7 Å². The van der Waals surface area contributed by atoms with Crippen molar-refractivity contribution in [3.05, 3.63) is 12.7 Å². The largest absolute Gasteiger partial charge is 0.393 e. The molecule has 1 atom stereocenters. The molecule has 0 radical (unpaired) electrons. The van der Waals surface area contributed by atoms with E-state index in [0.29, 0.717) is 5.92 Å². The fourth-order valence-electron chi connectivity index (χ4n) is 0.622. The van der Waals surface area contributed by atoms with Crippen molar-refractivity contribution in [1.29, 1.82) is 0 Å². The van der Waals surface area contributed by atoms with Crippen LogP contribution in [0.3, 0.4) is 0 Å². The van der Waals surface area contributed by atoms with E-state index >= 15 is 0 Å². The molecule has 0 saturated heterocycles. The van der Waals surface area contributed by atoms with Crippen LogP contribution in [0.25, 0.3) is 0 Å². The molecule has 54 valence electrons. The van der Waals surface area contributed by atoms with E-state index in [1.54, 1.807) is 0 Å². The summed E-state index contributed by atoms with van der Waals surface area (Å²) in [6.07, 6.45) is 3.45. The van der Waals surface area contributed by atoms with Crippen LogP contribution in [-0.2, 0) is 0 Å². The van der Waals surface area contributed by atoms with Crippen molar-refractivity contribution in [3.8, 4) is 0 Å². The molecule has 1 heteroatoms. The molecule has 0 aromatic heterocycles. The molecule has 0 unspecified atom stereocenters. The quantitative estimate of drug-likeness (QED) is 0.574. The average molecular weight is 128 g/mol. The van der Waals surface area contributed by atoms with Gasteiger partial charge in [-0.2, -0.15) is 0 Å². The van der Waals surface area contributed by atoms with Gasteiger partial charge in [0.2, 0.25) is 0 Å². The van der Waals surface area contributed by atoms with Crippen LogP contribution >= 0.6 is 0 Å². The van der Waals surface area contributed by atoms with Crippen molar-refractivity contribution in [1.82, 2.24) is 0 Å². The van der Waals surface area contributed by atoms with Gasteiger partial charge in [0.1, 0.15) is 0 Å². The van der Waals surface area contributed by atoms with Crippen LogP contribution in [0, 0.1) is 5.92 Å². The van der Waals surface area contributed by atoms with Gasteiger partial charge in [-0.25, -0.2) is 0 Å². The second-order valence-corrected chi connectivity index (χ2v) is 2.68. The zero-order valence-electron chi connectivity index (χ0n) is 6.30. The lowest BCUT2D eigenvalue weighted by molar-refractivity contribution is 0.117. The van der Waals surface area contributed by atoms with Crippen LogP contribution in [0.2, 0.25) is 0 Å². The first-order valence-electron chi connectivity index (χ1n) is 3.47. The van der Waals surface area contributed by atoms with E-state index in [2.05, 4.69) is 6.58 Å². The Hall–Kier alpha value is -0.300. The van der Waals surface area contributed by atoms with E-state index in [0.717, 1.165) is 12.8 Å². The molecule has 0 aliphatic carbocycles. The number of allylic oxidation sites excluding steroid dienone is 1. The average Bonchev–Trinajstić information content (AvgIpc) is 1.82. The summed E-state index contributed by atoms with van der Waals surface area (Å²) in [4.78, 5) is 0. The lowest BCUT2D eigenvalue weighted by Crippen LogP contribution is -2.13. The van der Waals surface area contributed by atoms with Crippen molar-refractivity contribution in [3.63, 3.8) is 0 Å². The Labute approximate surface area is 57.4 Å². The highest BCUT2D eigenvalue weighted by Gasteiger charge is 2.06. The maximum absolute atomic E-state index is 9.21. The molecule has 0 fully saturated rings. The molecule has 0 aliphatic heterocycles. The molecular weight excluding hydrogens is 112 g/mol. The van der Waals surface area contributed by atoms with Crippen LogP contribution < -0.4 is 0 Å². The molecule has 1 N–H and O–H groups in total. The highest BCUT2D eigenvalue weighted by molar-refractivity contribution is 4.70. The predicted octanol–water partition coefficient (Wildman–Crippen LogP) is 1.97. The molecule has 9 heavy (non-hydrogen) atoms. The van der Waals surface area contributed by atoms with Crippen LogP contribution in [0.5, 0.6) is 0 Å². The van der Waals surface area contributed by atoms with Gasteiger partial charge in [-0.15, -0.1) is 6.58 Å². The third kappa shape index (κ3) is 4.22. The normalized spacial score (nSPS) is 13.8. The standard InChI is InChI=1S/C8H16O/c1-4-5-6-8(9)7(2)3/h4,7-9H,1,5-6H2,2-3H3/t8-/m1/s1. The smallest absolute Gasteiger partial charge is 0.0566 e. The van der Waals surface area contributed by atoms with Crippen LogP contribution in [0.4, 0.5) is 0 Å². The van der Waals surface area contributed by atoms with Crippen molar-refractivity contribution in [2.24, 2.45) is 5.92 Å². The van der Waals surface area contributed by atoms with Gasteiger partial charge < -0.3 is 5.11 Å². The second kappa shape index (κ2) is 4.57. The van der Waals surface area contributed by atoms with Crippen LogP contribution in [-0.4, -0.2) is 11.2 Å². The van der Waals surface area contributed by atoms with E-state index < -0.39 is 0 Å². The van der Waals surface area contributed by atoms with Gasteiger partial charge >= 0.3 is 0 Å². The van der Waals surface area contributed by atoms with Gasteiger partial charge in [0.15, 0.2) is 0 Å². The van der Waals surface area contributed by atoms with Gasteiger partial charge in [-0.3, -0.25) is 0 Å². The van der Waals surface area contributed by atoms with Crippen molar-refractivity contribution < 1.29 is 5.11 Å². The molecule has 0 amide bonds. The van der Waals surface area contributed by atoms with E-state index in [-0.39, 0.29) is 6.10 Å². The molecule has 0 saturated carbocycles. The lowest BCUT2D eigenvalue weighted by Gasteiger charge is -2.11. The molecule has 0 aromatic carbocycles. The van der Waals surface area contributed by atoms with E-state index in [1.807, 2.05) is 19.9 Å². The zero-order chi connectivity index (χ0) is 7.28. The number of hydrogen-bond donors (Lipinski definition) is 1. The van der Waals surface area contributed by atoms with Gasteiger partial charge in [-0.1, -0.05) is 19.9 Å². The minimum absolute atomic E-state index is 0.150. The molecule has 0 spiro atoms. The van der Waals surface area contributed by atoms with Crippen molar-refractivity contribution >= 4 is 0 Å². The SMILES string of the molecule is C=CCC[C@@H](O)C(C)C. The first-order chi connectivity index (χ1) is 4.18. The summed E-state index contributed by atoms with van der Waals surface area (Å²) >= 11 is 0. The third-order valence-corrected chi connectivity index (χ3v) is 1.44. The summed E-state index contributed by atoms with van der Waals surface area (Å²) in [5.74, 6) is 0.380.